The monoisotopic (exact) mass is 250 g/mol. The zero-order valence-electron chi connectivity index (χ0n) is 10.3. The van der Waals surface area contributed by atoms with E-state index < -0.39 is 5.97 Å². The highest BCUT2D eigenvalue weighted by Gasteiger charge is 2.26. The second-order valence-corrected chi connectivity index (χ2v) is 6.39. The van der Waals surface area contributed by atoms with Gasteiger partial charge in [0.1, 0.15) is 0 Å². The summed E-state index contributed by atoms with van der Waals surface area (Å²) in [4.78, 5) is 10.9. The van der Waals surface area contributed by atoms with E-state index in [0.29, 0.717) is 5.92 Å². The Morgan fingerprint density at radius 2 is 2.18 bits per heavy atom. The number of carbonyl (C=O) groups is 1. The third-order valence-corrected chi connectivity index (χ3v) is 4.65. The van der Waals surface area contributed by atoms with E-state index in [0.717, 1.165) is 5.56 Å². The zero-order valence-corrected chi connectivity index (χ0v) is 11.1. The minimum atomic E-state index is -0.736. The molecule has 1 heterocycles. The van der Waals surface area contributed by atoms with Crippen LogP contribution in [0.3, 0.4) is 0 Å². The Morgan fingerprint density at radius 3 is 2.71 bits per heavy atom. The van der Waals surface area contributed by atoms with Crippen molar-refractivity contribution < 1.29 is 9.90 Å². The van der Waals surface area contributed by atoms with Gasteiger partial charge in [-0.05, 0) is 11.1 Å². The van der Waals surface area contributed by atoms with Crippen LogP contribution in [0.25, 0.3) is 0 Å². The highest BCUT2D eigenvalue weighted by molar-refractivity contribution is 8.00. The minimum Gasteiger partial charge on any atom is -0.481 e. The van der Waals surface area contributed by atoms with Crippen LogP contribution in [0.15, 0.2) is 24.3 Å². The summed E-state index contributed by atoms with van der Waals surface area (Å²) in [7, 11) is 0. The number of carboxylic acid groups (broad SMARTS) is 1. The Balaban J connectivity index is 2.22. The average Bonchev–Trinajstić information content (AvgIpc) is 2.13. The molecule has 0 spiro atoms. The summed E-state index contributed by atoms with van der Waals surface area (Å²) >= 11 is 1.97. The molecule has 1 aliphatic rings. The van der Waals surface area contributed by atoms with Gasteiger partial charge in [-0.2, -0.15) is 11.8 Å². The van der Waals surface area contributed by atoms with Crippen molar-refractivity contribution in [1.82, 2.24) is 0 Å². The fraction of sp³-hybridized carbons (Fsp3) is 0.500. The maximum atomic E-state index is 10.9. The highest BCUT2D eigenvalue weighted by atomic mass is 32.2. The molecule has 17 heavy (non-hydrogen) atoms. The first-order valence-corrected chi connectivity index (χ1v) is 7.04. The van der Waals surface area contributed by atoms with Crippen molar-refractivity contribution in [2.24, 2.45) is 0 Å². The van der Waals surface area contributed by atoms with Gasteiger partial charge in [0.25, 0.3) is 0 Å². The third-order valence-electron chi connectivity index (χ3n) is 3.37. The number of benzene rings is 1. The predicted molar refractivity (Wildman–Crippen MR) is 71.8 cm³/mol. The first kappa shape index (κ1) is 12.5. The number of thioether (sulfide) groups is 1. The van der Waals surface area contributed by atoms with Crippen molar-refractivity contribution in [3.63, 3.8) is 0 Å². The van der Waals surface area contributed by atoms with Gasteiger partial charge in [-0.15, -0.1) is 0 Å². The third kappa shape index (κ3) is 2.83. The average molecular weight is 250 g/mol. The molecule has 1 N–H and O–H groups in total. The lowest BCUT2D eigenvalue weighted by Crippen LogP contribution is -2.23. The molecule has 0 atom stereocenters. The van der Waals surface area contributed by atoms with Gasteiger partial charge >= 0.3 is 5.97 Å². The van der Waals surface area contributed by atoms with E-state index in [1.165, 1.54) is 17.1 Å². The van der Waals surface area contributed by atoms with Gasteiger partial charge in [0.15, 0.2) is 0 Å². The van der Waals surface area contributed by atoms with Gasteiger partial charge in [-0.3, -0.25) is 4.79 Å². The molecule has 3 heteroatoms. The molecule has 0 saturated carbocycles. The summed E-state index contributed by atoms with van der Waals surface area (Å²) in [5.74, 6) is 2.33. The van der Waals surface area contributed by atoms with Crippen molar-refractivity contribution in [1.29, 1.82) is 0 Å². The van der Waals surface area contributed by atoms with Crippen LogP contribution in [0.1, 0.15) is 37.3 Å². The van der Waals surface area contributed by atoms with E-state index in [2.05, 4.69) is 18.2 Å². The number of aliphatic carboxylic acids is 1. The van der Waals surface area contributed by atoms with Crippen molar-refractivity contribution in [3.05, 3.63) is 35.4 Å². The zero-order chi connectivity index (χ0) is 12.5. The Kier molecular flexibility index (Phi) is 3.48. The highest BCUT2D eigenvalue weighted by Crippen LogP contribution is 2.36. The second kappa shape index (κ2) is 4.73. The normalized spacial score (nSPS) is 16.6. The largest absolute Gasteiger partial charge is 0.481 e. The van der Waals surface area contributed by atoms with E-state index in [4.69, 9.17) is 5.11 Å². The SMILES string of the molecule is CC(C)(CC(=O)O)c1cccc(C2CSC2)c1. The first-order valence-electron chi connectivity index (χ1n) is 5.89. The lowest BCUT2D eigenvalue weighted by molar-refractivity contribution is -0.138. The van der Waals surface area contributed by atoms with Gasteiger partial charge < -0.3 is 5.11 Å². The molecule has 1 fully saturated rings. The fourth-order valence-electron chi connectivity index (χ4n) is 2.12. The van der Waals surface area contributed by atoms with Crippen LogP contribution in [-0.2, 0) is 10.2 Å². The number of hydrogen-bond acceptors (Lipinski definition) is 2. The van der Waals surface area contributed by atoms with Crippen molar-refractivity contribution in [2.75, 3.05) is 11.5 Å². The summed E-state index contributed by atoms with van der Waals surface area (Å²) in [5, 5.41) is 8.94. The lowest BCUT2D eigenvalue weighted by Gasteiger charge is -2.28. The summed E-state index contributed by atoms with van der Waals surface area (Å²) in [6.45, 7) is 3.99. The number of carboxylic acids is 1. The topological polar surface area (TPSA) is 37.3 Å². The molecular weight excluding hydrogens is 232 g/mol. The molecule has 1 aromatic carbocycles. The molecule has 1 saturated heterocycles. The smallest absolute Gasteiger partial charge is 0.304 e. The van der Waals surface area contributed by atoms with Crippen LogP contribution in [0.5, 0.6) is 0 Å². The molecular formula is C14H18O2S. The summed E-state index contributed by atoms with van der Waals surface area (Å²) < 4.78 is 0. The summed E-state index contributed by atoms with van der Waals surface area (Å²) in [6.07, 6.45) is 0.176. The summed E-state index contributed by atoms with van der Waals surface area (Å²) in [6, 6.07) is 8.44. The first-order chi connectivity index (χ1) is 7.99. The molecule has 0 radical (unpaired) electrons. The molecule has 1 aliphatic heterocycles. The molecule has 2 nitrogen and oxygen atoms in total. The van der Waals surface area contributed by atoms with E-state index >= 15 is 0 Å². The molecule has 0 bridgehead atoms. The molecule has 1 aromatic rings. The van der Waals surface area contributed by atoms with Gasteiger partial charge in [0, 0.05) is 22.8 Å². The van der Waals surface area contributed by atoms with Crippen LogP contribution >= 0.6 is 11.8 Å². The maximum absolute atomic E-state index is 10.9. The Morgan fingerprint density at radius 1 is 1.47 bits per heavy atom. The standard InChI is InChI=1S/C14H18O2S/c1-14(2,7-13(15)16)12-5-3-4-10(6-12)11-8-17-9-11/h3-6,11H,7-9H2,1-2H3,(H,15,16). The molecule has 0 aromatic heterocycles. The molecule has 92 valence electrons. The second-order valence-electron chi connectivity index (χ2n) is 5.31. The van der Waals surface area contributed by atoms with E-state index in [1.807, 2.05) is 31.7 Å². The quantitative estimate of drug-likeness (QED) is 0.891. The van der Waals surface area contributed by atoms with Crippen molar-refractivity contribution in [3.8, 4) is 0 Å². The molecule has 0 aliphatic carbocycles. The van der Waals surface area contributed by atoms with Crippen molar-refractivity contribution in [2.45, 2.75) is 31.6 Å². The van der Waals surface area contributed by atoms with Gasteiger partial charge in [0.05, 0.1) is 6.42 Å². The van der Waals surface area contributed by atoms with Crippen LogP contribution in [0.4, 0.5) is 0 Å². The van der Waals surface area contributed by atoms with Gasteiger partial charge in [-0.25, -0.2) is 0 Å². The minimum absolute atomic E-state index is 0.176. The number of rotatable bonds is 4. The van der Waals surface area contributed by atoms with Crippen LogP contribution in [0.2, 0.25) is 0 Å². The molecule has 0 unspecified atom stereocenters. The lowest BCUT2D eigenvalue weighted by atomic mass is 9.80. The Labute approximate surface area is 106 Å². The molecule has 2 rings (SSSR count). The van der Waals surface area contributed by atoms with Crippen LogP contribution in [0, 0.1) is 0 Å². The Hall–Kier alpha value is -0.960. The van der Waals surface area contributed by atoms with Crippen LogP contribution < -0.4 is 0 Å². The molecule has 0 amide bonds. The van der Waals surface area contributed by atoms with Crippen LogP contribution in [-0.4, -0.2) is 22.6 Å². The van der Waals surface area contributed by atoms with Gasteiger partial charge in [-0.1, -0.05) is 38.1 Å². The van der Waals surface area contributed by atoms with E-state index in [-0.39, 0.29) is 11.8 Å². The van der Waals surface area contributed by atoms with E-state index in [1.54, 1.807) is 0 Å². The maximum Gasteiger partial charge on any atom is 0.304 e. The van der Waals surface area contributed by atoms with E-state index in [9.17, 15) is 4.79 Å². The fourth-order valence-corrected chi connectivity index (χ4v) is 2.98. The van der Waals surface area contributed by atoms with Crippen molar-refractivity contribution >= 4 is 17.7 Å². The Bertz CT molecular complexity index is 422. The van der Waals surface area contributed by atoms with Gasteiger partial charge in [0.2, 0.25) is 0 Å². The number of hydrogen-bond donors (Lipinski definition) is 1. The summed E-state index contributed by atoms with van der Waals surface area (Å²) in [5.41, 5.74) is 2.20. The predicted octanol–water partition coefficient (Wildman–Crippen LogP) is 3.27.